The average molecular weight is 521 g/mol. The Hall–Kier alpha value is -4.21. The molecule has 10 nitrogen and oxygen atoms in total. The number of hydrogen-bond acceptors (Lipinski definition) is 5. The number of nitrogens with one attached hydrogen (secondary N) is 2. The van der Waals surface area contributed by atoms with Crippen molar-refractivity contribution in [3.8, 4) is 0 Å². The second-order valence-corrected chi connectivity index (χ2v) is 9.76. The van der Waals surface area contributed by atoms with Gasteiger partial charge in [-0.3, -0.25) is 14.4 Å². The van der Waals surface area contributed by atoms with Crippen LogP contribution >= 0.6 is 0 Å². The van der Waals surface area contributed by atoms with Gasteiger partial charge in [0, 0.05) is 13.0 Å². The molecular weight excluding hydrogens is 488 g/mol. The number of carbonyl (C=O) groups excluding carboxylic acids is 2. The van der Waals surface area contributed by atoms with Crippen molar-refractivity contribution in [3.05, 3.63) is 81.0 Å². The molecule has 0 bridgehead atoms. The molecule has 4 unspecified atom stereocenters. The van der Waals surface area contributed by atoms with Crippen molar-refractivity contribution in [2.24, 2.45) is 5.92 Å². The van der Waals surface area contributed by atoms with Crippen molar-refractivity contribution in [1.82, 2.24) is 19.8 Å². The quantitative estimate of drug-likeness (QED) is 0.394. The number of benzene rings is 2. The summed E-state index contributed by atoms with van der Waals surface area (Å²) in [4.78, 5) is 69.7. The molecular formula is C28H32N4O6. The number of rotatable bonds is 9. The Balaban J connectivity index is 1.72. The first-order valence-electron chi connectivity index (χ1n) is 12.8. The molecule has 200 valence electrons. The zero-order valence-corrected chi connectivity index (χ0v) is 21.4. The minimum Gasteiger partial charge on any atom is -0.480 e. The Bertz CT molecular complexity index is 1450. The minimum atomic E-state index is -1.20. The number of amides is 2. The molecule has 0 radical (unpaired) electrons. The first-order valence-corrected chi connectivity index (χ1v) is 12.8. The van der Waals surface area contributed by atoms with Crippen molar-refractivity contribution in [2.75, 3.05) is 6.54 Å². The van der Waals surface area contributed by atoms with Gasteiger partial charge >= 0.3 is 11.7 Å². The first kappa shape index (κ1) is 26.8. The van der Waals surface area contributed by atoms with E-state index in [0.29, 0.717) is 24.8 Å². The summed E-state index contributed by atoms with van der Waals surface area (Å²) in [6, 6.07) is 12.4. The van der Waals surface area contributed by atoms with E-state index in [1.54, 1.807) is 55.5 Å². The molecule has 1 fully saturated rings. The lowest BCUT2D eigenvalue weighted by molar-refractivity contribution is -0.145. The standard InChI is InChI=1S/C28H32N4O6/c1-3-17(2)23(27(36)37)30-24(33)21-14-9-15-31(21)26(35)22(16-18-10-5-4-6-11-18)32-25(34)19-12-7-8-13-20(19)29-28(32)38/h4-8,10-13,17,21-23H,3,9,14-16H2,1-2H3,(H,29,38)(H,30,33)(H,36,37). The Kier molecular flexibility index (Phi) is 8.09. The van der Waals surface area contributed by atoms with Gasteiger partial charge in [0.1, 0.15) is 18.1 Å². The number of aromatic nitrogens is 2. The van der Waals surface area contributed by atoms with Crippen LogP contribution in [0.5, 0.6) is 0 Å². The highest BCUT2D eigenvalue weighted by Crippen LogP contribution is 2.24. The zero-order valence-electron chi connectivity index (χ0n) is 21.4. The van der Waals surface area contributed by atoms with Crippen molar-refractivity contribution >= 4 is 28.7 Å². The van der Waals surface area contributed by atoms with Gasteiger partial charge in [-0.25, -0.2) is 14.2 Å². The Morgan fingerprint density at radius 3 is 2.45 bits per heavy atom. The van der Waals surface area contributed by atoms with E-state index in [0.717, 1.165) is 10.1 Å². The number of fused-ring (bicyclic) bond motifs is 1. The molecule has 2 amide bonds. The van der Waals surface area contributed by atoms with Crippen LogP contribution in [-0.2, 0) is 20.8 Å². The lowest BCUT2D eigenvalue weighted by Crippen LogP contribution is -2.54. The highest BCUT2D eigenvalue weighted by Gasteiger charge is 2.40. The number of carbonyl (C=O) groups is 3. The van der Waals surface area contributed by atoms with Crippen LogP contribution in [0.25, 0.3) is 10.9 Å². The van der Waals surface area contributed by atoms with Gasteiger partial charge in [-0.1, -0.05) is 62.7 Å². The maximum absolute atomic E-state index is 14.0. The van der Waals surface area contributed by atoms with Crippen molar-refractivity contribution in [1.29, 1.82) is 0 Å². The maximum atomic E-state index is 14.0. The van der Waals surface area contributed by atoms with Gasteiger partial charge in [-0.05, 0) is 36.5 Å². The zero-order chi connectivity index (χ0) is 27.4. The summed E-state index contributed by atoms with van der Waals surface area (Å²) in [7, 11) is 0. The van der Waals surface area contributed by atoms with Crippen molar-refractivity contribution in [3.63, 3.8) is 0 Å². The van der Waals surface area contributed by atoms with Crippen LogP contribution in [0.3, 0.4) is 0 Å². The summed E-state index contributed by atoms with van der Waals surface area (Å²) in [5, 5.41) is 12.5. The van der Waals surface area contributed by atoms with Gasteiger partial charge in [0.25, 0.3) is 5.56 Å². The van der Waals surface area contributed by atoms with Crippen molar-refractivity contribution < 1.29 is 19.5 Å². The molecule has 10 heteroatoms. The number of H-pyrrole nitrogens is 1. The molecule has 4 atom stereocenters. The SMILES string of the molecule is CCC(C)C(NC(=O)C1CCCN1C(=O)C(Cc1ccccc1)n1c(=O)[nH]c2ccccc2c1=O)C(=O)O. The molecule has 2 aromatic carbocycles. The van der Waals surface area contributed by atoms with Crippen molar-refractivity contribution in [2.45, 2.75) is 57.7 Å². The average Bonchev–Trinajstić information content (AvgIpc) is 3.41. The molecule has 3 aromatic rings. The highest BCUT2D eigenvalue weighted by atomic mass is 16.4. The predicted molar refractivity (Wildman–Crippen MR) is 142 cm³/mol. The molecule has 2 heterocycles. The summed E-state index contributed by atoms with van der Waals surface area (Å²) in [5.74, 6) is -2.53. The Morgan fingerprint density at radius 2 is 1.76 bits per heavy atom. The first-order chi connectivity index (χ1) is 18.2. The molecule has 38 heavy (non-hydrogen) atoms. The van der Waals surface area contributed by atoms with E-state index in [9.17, 15) is 29.1 Å². The number of likely N-dealkylation sites (tertiary alicyclic amines) is 1. The summed E-state index contributed by atoms with van der Waals surface area (Å²) in [6.07, 6.45) is 1.51. The van der Waals surface area contributed by atoms with E-state index in [1.165, 1.54) is 4.90 Å². The third-order valence-electron chi connectivity index (χ3n) is 7.32. The Morgan fingerprint density at radius 1 is 1.08 bits per heavy atom. The van der Waals surface area contributed by atoms with Crippen LogP contribution in [0.1, 0.15) is 44.7 Å². The number of aliphatic carboxylic acids is 1. The molecule has 3 N–H and O–H groups in total. The topological polar surface area (TPSA) is 142 Å². The molecule has 0 aliphatic carbocycles. The fourth-order valence-corrected chi connectivity index (χ4v) is 5.01. The highest BCUT2D eigenvalue weighted by molar-refractivity contribution is 5.92. The van der Waals surface area contributed by atoms with Gasteiger partial charge in [-0.2, -0.15) is 0 Å². The van der Waals surface area contributed by atoms with Crippen LogP contribution in [-0.4, -0.2) is 56.0 Å². The summed E-state index contributed by atoms with van der Waals surface area (Å²) >= 11 is 0. The van der Waals surface area contributed by atoms with Crippen LogP contribution in [0.2, 0.25) is 0 Å². The number of carboxylic acids is 1. The second-order valence-electron chi connectivity index (χ2n) is 9.76. The molecule has 0 spiro atoms. The molecule has 1 aromatic heterocycles. The van der Waals surface area contributed by atoms with Gasteiger partial charge in [0.15, 0.2) is 0 Å². The van der Waals surface area contributed by atoms with Gasteiger partial charge < -0.3 is 20.3 Å². The lowest BCUT2D eigenvalue weighted by atomic mass is 9.98. The molecule has 1 aliphatic rings. The predicted octanol–water partition coefficient (Wildman–Crippen LogP) is 2.08. The van der Waals surface area contributed by atoms with Gasteiger partial charge in [-0.15, -0.1) is 0 Å². The number of carboxylic acid groups (broad SMARTS) is 1. The third kappa shape index (κ3) is 5.39. The van der Waals surface area contributed by atoms with E-state index in [1.807, 2.05) is 13.0 Å². The van der Waals surface area contributed by atoms with E-state index in [-0.39, 0.29) is 24.3 Å². The normalized spacial score (nSPS) is 17.6. The summed E-state index contributed by atoms with van der Waals surface area (Å²) in [6.45, 7) is 3.83. The summed E-state index contributed by atoms with van der Waals surface area (Å²) < 4.78 is 0.935. The minimum absolute atomic E-state index is 0.0659. The fraction of sp³-hybridized carbons (Fsp3) is 0.393. The van der Waals surface area contributed by atoms with Crippen LogP contribution in [0.15, 0.2) is 64.2 Å². The smallest absolute Gasteiger partial charge is 0.329 e. The van der Waals surface area contributed by atoms with Crippen LogP contribution in [0, 0.1) is 5.92 Å². The summed E-state index contributed by atoms with van der Waals surface area (Å²) in [5.41, 5.74) is -0.200. The van der Waals surface area contributed by atoms with Gasteiger partial charge in [0.2, 0.25) is 11.8 Å². The third-order valence-corrected chi connectivity index (χ3v) is 7.32. The molecule has 1 aliphatic heterocycles. The van der Waals surface area contributed by atoms with E-state index in [2.05, 4.69) is 10.3 Å². The number of hydrogen-bond donors (Lipinski definition) is 3. The molecule has 0 saturated carbocycles. The second kappa shape index (κ2) is 11.5. The number of para-hydroxylation sites is 1. The van der Waals surface area contributed by atoms with Crippen LogP contribution < -0.4 is 16.6 Å². The van der Waals surface area contributed by atoms with E-state index < -0.39 is 47.2 Å². The van der Waals surface area contributed by atoms with E-state index >= 15 is 0 Å². The van der Waals surface area contributed by atoms with Crippen LogP contribution in [0.4, 0.5) is 0 Å². The largest absolute Gasteiger partial charge is 0.480 e. The maximum Gasteiger partial charge on any atom is 0.329 e. The fourth-order valence-electron chi connectivity index (χ4n) is 5.01. The molecule has 4 rings (SSSR count). The lowest BCUT2D eigenvalue weighted by Gasteiger charge is -2.30. The Labute approximate surface area is 219 Å². The number of aromatic amines is 1. The number of nitrogens with zero attached hydrogens (tertiary/aromatic N) is 2. The van der Waals surface area contributed by atoms with E-state index in [4.69, 9.17) is 0 Å². The molecule has 1 saturated heterocycles. The monoisotopic (exact) mass is 520 g/mol. The van der Waals surface area contributed by atoms with Gasteiger partial charge in [0.05, 0.1) is 10.9 Å².